The van der Waals surface area contributed by atoms with Gasteiger partial charge in [0.05, 0.1) is 10.6 Å². The summed E-state index contributed by atoms with van der Waals surface area (Å²) in [6.45, 7) is 0. The van der Waals surface area contributed by atoms with E-state index in [1.165, 1.54) is 11.3 Å². The van der Waals surface area contributed by atoms with Gasteiger partial charge in [-0.15, -0.1) is 11.3 Å². The Morgan fingerprint density at radius 1 is 1.24 bits per heavy atom. The number of thiophene rings is 1. The Bertz CT molecular complexity index is 659. The summed E-state index contributed by atoms with van der Waals surface area (Å²) in [5, 5.41) is 15.2. The molecule has 2 N–H and O–H groups in total. The zero-order chi connectivity index (χ0) is 11.7. The fraction of sp³-hybridized carbons (Fsp3) is 0. The van der Waals surface area contributed by atoms with E-state index in [0.29, 0.717) is 16.1 Å². The van der Waals surface area contributed by atoms with Crippen LogP contribution in [0.15, 0.2) is 35.7 Å². The number of hydrogen-bond acceptors (Lipinski definition) is 4. The quantitative estimate of drug-likeness (QED) is 0.726. The van der Waals surface area contributed by atoms with Crippen LogP contribution in [0.2, 0.25) is 0 Å². The molecule has 0 unspecified atom stereocenters. The van der Waals surface area contributed by atoms with E-state index in [2.05, 4.69) is 20.7 Å². The van der Waals surface area contributed by atoms with E-state index < -0.39 is 0 Å². The van der Waals surface area contributed by atoms with E-state index in [-0.39, 0.29) is 5.91 Å². The summed E-state index contributed by atoms with van der Waals surface area (Å²) in [5.41, 5.74) is 2.06. The number of carbonyl (C=O) groups is 1. The molecule has 3 aromatic rings. The summed E-state index contributed by atoms with van der Waals surface area (Å²) in [7, 11) is 0. The van der Waals surface area contributed by atoms with Gasteiger partial charge in [-0.05, 0) is 23.6 Å². The first-order chi connectivity index (χ1) is 8.34. The minimum atomic E-state index is -0.129. The number of para-hydroxylation sites is 1. The molecular formula is C11H8N4OS. The van der Waals surface area contributed by atoms with E-state index in [1.54, 1.807) is 12.1 Å². The molecule has 2 aromatic heterocycles. The molecule has 0 atom stereocenters. The number of rotatable bonds is 2. The number of hydrogen-bond donors (Lipinski definition) is 2. The Labute approximate surface area is 100 Å². The maximum Gasteiger partial charge on any atom is 0.265 e. The van der Waals surface area contributed by atoms with Gasteiger partial charge in [-0.3, -0.25) is 4.79 Å². The predicted molar refractivity (Wildman–Crippen MR) is 66.2 cm³/mol. The number of anilines is 1. The summed E-state index contributed by atoms with van der Waals surface area (Å²) in [6, 6.07) is 9.09. The molecule has 0 spiro atoms. The second kappa shape index (κ2) is 3.99. The maximum atomic E-state index is 11.9. The van der Waals surface area contributed by atoms with Crippen LogP contribution < -0.4 is 5.32 Å². The lowest BCUT2D eigenvalue weighted by atomic mass is 10.2. The minimum Gasteiger partial charge on any atom is -0.319 e. The molecule has 84 valence electrons. The summed E-state index contributed by atoms with van der Waals surface area (Å²) in [6.07, 6.45) is 0. The number of benzene rings is 1. The van der Waals surface area contributed by atoms with E-state index in [0.717, 1.165) is 5.52 Å². The molecule has 17 heavy (non-hydrogen) atoms. The zero-order valence-corrected chi connectivity index (χ0v) is 9.49. The minimum absolute atomic E-state index is 0.129. The van der Waals surface area contributed by atoms with Crippen molar-refractivity contribution in [2.45, 2.75) is 0 Å². The van der Waals surface area contributed by atoms with Crippen LogP contribution in [0.1, 0.15) is 9.67 Å². The molecule has 0 bridgehead atoms. The van der Waals surface area contributed by atoms with Crippen LogP contribution in [0.25, 0.3) is 11.0 Å². The third-order valence-electron chi connectivity index (χ3n) is 2.34. The van der Waals surface area contributed by atoms with Gasteiger partial charge in [-0.25, -0.2) is 0 Å². The van der Waals surface area contributed by atoms with Crippen molar-refractivity contribution in [1.29, 1.82) is 0 Å². The van der Waals surface area contributed by atoms with Crippen molar-refractivity contribution in [3.8, 4) is 0 Å². The van der Waals surface area contributed by atoms with Gasteiger partial charge in [-0.1, -0.05) is 12.1 Å². The summed E-state index contributed by atoms with van der Waals surface area (Å²) in [5.74, 6) is -0.129. The van der Waals surface area contributed by atoms with Crippen LogP contribution in [0.4, 0.5) is 5.69 Å². The molecule has 0 radical (unpaired) electrons. The topological polar surface area (TPSA) is 70.7 Å². The van der Waals surface area contributed by atoms with Crippen LogP contribution in [0.3, 0.4) is 0 Å². The van der Waals surface area contributed by atoms with Crippen LogP contribution >= 0.6 is 11.3 Å². The SMILES string of the molecule is O=C(Nc1cccc2n[nH]nc12)c1cccs1. The zero-order valence-electron chi connectivity index (χ0n) is 8.68. The van der Waals surface area contributed by atoms with Crippen LogP contribution in [0, 0.1) is 0 Å². The molecule has 2 heterocycles. The lowest BCUT2D eigenvalue weighted by molar-refractivity contribution is 0.103. The first kappa shape index (κ1) is 9.98. The highest BCUT2D eigenvalue weighted by atomic mass is 32.1. The Kier molecular flexibility index (Phi) is 2.34. The van der Waals surface area contributed by atoms with Gasteiger partial charge < -0.3 is 5.32 Å². The van der Waals surface area contributed by atoms with Crippen molar-refractivity contribution < 1.29 is 4.79 Å². The molecule has 0 aliphatic heterocycles. The lowest BCUT2D eigenvalue weighted by Gasteiger charge is -2.03. The largest absolute Gasteiger partial charge is 0.319 e. The van der Waals surface area contributed by atoms with Crippen molar-refractivity contribution in [1.82, 2.24) is 15.4 Å². The number of nitrogens with zero attached hydrogens (tertiary/aromatic N) is 2. The van der Waals surface area contributed by atoms with Crippen molar-refractivity contribution in [2.24, 2.45) is 0 Å². The summed E-state index contributed by atoms with van der Waals surface area (Å²) < 4.78 is 0. The van der Waals surface area contributed by atoms with Crippen molar-refractivity contribution in [2.75, 3.05) is 5.32 Å². The normalized spacial score (nSPS) is 10.6. The molecule has 0 fully saturated rings. The second-order valence-electron chi connectivity index (χ2n) is 3.43. The van der Waals surface area contributed by atoms with E-state index in [4.69, 9.17) is 0 Å². The van der Waals surface area contributed by atoms with Crippen molar-refractivity contribution in [3.63, 3.8) is 0 Å². The van der Waals surface area contributed by atoms with Crippen LogP contribution in [-0.2, 0) is 0 Å². The average molecular weight is 244 g/mol. The monoisotopic (exact) mass is 244 g/mol. The Morgan fingerprint density at radius 2 is 2.18 bits per heavy atom. The molecule has 5 nitrogen and oxygen atoms in total. The van der Waals surface area contributed by atoms with Gasteiger partial charge in [0.15, 0.2) is 0 Å². The van der Waals surface area contributed by atoms with Gasteiger partial charge in [0.2, 0.25) is 0 Å². The lowest BCUT2D eigenvalue weighted by Crippen LogP contribution is -2.10. The van der Waals surface area contributed by atoms with Gasteiger partial charge >= 0.3 is 0 Å². The molecule has 0 saturated heterocycles. The number of amides is 1. The fourth-order valence-corrected chi connectivity index (χ4v) is 2.18. The van der Waals surface area contributed by atoms with Crippen LogP contribution in [0.5, 0.6) is 0 Å². The maximum absolute atomic E-state index is 11.9. The first-order valence-corrected chi connectivity index (χ1v) is 5.87. The number of aromatic nitrogens is 3. The highest BCUT2D eigenvalue weighted by Crippen LogP contribution is 2.20. The first-order valence-electron chi connectivity index (χ1n) is 4.99. The molecule has 0 aliphatic carbocycles. The number of aromatic amines is 1. The number of nitrogens with one attached hydrogen (secondary N) is 2. The van der Waals surface area contributed by atoms with Crippen molar-refractivity contribution >= 4 is 34.0 Å². The van der Waals surface area contributed by atoms with Crippen molar-refractivity contribution in [3.05, 3.63) is 40.6 Å². The summed E-state index contributed by atoms with van der Waals surface area (Å²) >= 11 is 1.40. The highest BCUT2D eigenvalue weighted by molar-refractivity contribution is 7.12. The Hall–Kier alpha value is -2.21. The predicted octanol–water partition coefficient (Wildman–Crippen LogP) is 2.27. The van der Waals surface area contributed by atoms with Gasteiger partial charge in [-0.2, -0.15) is 15.4 Å². The van der Waals surface area contributed by atoms with E-state index >= 15 is 0 Å². The fourth-order valence-electron chi connectivity index (χ4n) is 1.56. The number of fused-ring (bicyclic) bond motifs is 1. The van der Waals surface area contributed by atoms with E-state index in [9.17, 15) is 4.79 Å². The third-order valence-corrected chi connectivity index (χ3v) is 3.21. The molecule has 1 aromatic carbocycles. The molecule has 0 saturated carbocycles. The summed E-state index contributed by atoms with van der Waals surface area (Å²) in [4.78, 5) is 12.6. The highest BCUT2D eigenvalue weighted by Gasteiger charge is 2.10. The van der Waals surface area contributed by atoms with E-state index in [1.807, 2.05) is 23.6 Å². The molecular weight excluding hydrogens is 236 g/mol. The Morgan fingerprint density at radius 3 is 3.00 bits per heavy atom. The third kappa shape index (κ3) is 1.78. The van der Waals surface area contributed by atoms with Gasteiger partial charge in [0.25, 0.3) is 5.91 Å². The molecule has 1 amide bonds. The second-order valence-corrected chi connectivity index (χ2v) is 4.38. The van der Waals surface area contributed by atoms with Gasteiger partial charge in [0.1, 0.15) is 11.0 Å². The average Bonchev–Trinajstić information content (AvgIpc) is 3.00. The Balaban J connectivity index is 1.95. The van der Waals surface area contributed by atoms with Crippen LogP contribution in [-0.4, -0.2) is 21.3 Å². The molecule has 0 aliphatic rings. The molecule has 6 heteroatoms. The number of carbonyl (C=O) groups excluding carboxylic acids is 1. The smallest absolute Gasteiger partial charge is 0.265 e. The van der Waals surface area contributed by atoms with Gasteiger partial charge in [0, 0.05) is 0 Å². The number of H-pyrrole nitrogens is 1. The molecule has 3 rings (SSSR count). The standard InChI is InChI=1S/C11H8N4OS/c16-11(9-5-2-6-17-9)12-7-3-1-4-8-10(7)14-15-13-8/h1-6H,(H,12,16)(H,13,14,15).